The van der Waals surface area contributed by atoms with Crippen molar-refractivity contribution in [2.75, 3.05) is 17.6 Å². The fraction of sp³-hybridized carbons (Fsp3) is 0.417. The zero-order valence-electron chi connectivity index (χ0n) is 10.9. The van der Waals surface area contributed by atoms with E-state index in [1.807, 2.05) is 13.8 Å². The van der Waals surface area contributed by atoms with E-state index in [-0.39, 0.29) is 35.4 Å². The Morgan fingerprint density at radius 2 is 2.16 bits per heavy atom. The number of aromatic nitrogens is 1. The van der Waals surface area contributed by atoms with Crippen molar-refractivity contribution in [1.82, 2.24) is 10.3 Å². The Kier molecular flexibility index (Phi) is 5.11. The van der Waals surface area contributed by atoms with Crippen LogP contribution in [-0.2, 0) is 4.79 Å². The van der Waals surface area contributed by atoms with Crippen molar-refractivity contribution in [1.29, 1.82) is 0 Å². The lowest BCUT2D eigenvalue weighted by molar-refractivity contribution is -0.121. The summed E-state index contributed by atoms with van der Waals surface area (Å²) in [5.41, 5.74) is 5.75. The number of amides is 1. The van der Waals surface area contributed by atoms with Crippen LogP contribution in [0.1, 0.15) is 30.6 Å². The summed E-state index contributed by atoms with van der Waals surface area (Å²) in [5.74, 6) is -1.01. The second-order valence-corrected chi connectivity index (χ2v) is 4.37. The molecule has 0 spiro atoms. The van der Waals surface area contributed by atoms with Crippen LogP contribution in [0.25, 0.3) is 0 Å². The highest BCUT2D eigenvalue weighted by Gasteiger charge is 2.12. The third-order valence-corrected chi connectivity index (χ3v) is 2.23. The summed E-state index contributed by atoms with van der Waals surface area (Å²) in [6.45, 7) is 4.04. The van der Waals surface area contributed by atoms with Gasteiger partial charge in [0.1, 0.15) is 11.4 Å². The first-order valence-electron chi connectivity index (χ1n) is 5.92. The largest absolute Gasteiger partial charge is 0.478 e. The van der Waals surface area contributed by atoms with Crippen molar-refractivity contribution < 1.29 is 14.7 Å². The number of nitrogens with one attached hydrogen (secondary N) is 2. The van der Waals surface area contributed by atoms with E-state index in [2.05, 4.69) is 15.6 Å². The minimum Gasteiger partial charge on any atom is -0.478 e. The number of hydrogen-bond acceptors (Lipinski definition) is 5. The summed E-state index contributed by atoms with van der Waals surface area (Å²) in [4.78, 5) is 26.3. The summed E-state index contributed by atoms with van der Waals surface area (Å²) >= 11 is 0. The van der Waals surface area contributed by atoms with Gasteiger partial charge in [0.05, 0.1) is 11.9 Å². The highest BCUT2D eigenvalue weighted by Crippen LogP contribution is 2.15. The number of carboxylic acid groups (broad SMARTS) is 1. The molecule has 0 unspecified atom stereocenters. The summed E-state index contributed by atoms with van der Waals surface area (Å²) in [6, 6.07) is 1.41. The van der Waals surface area contributed by atoms with Crippen LogP contribution < -0.4 is 16.4 Å². The van der Waals surface area contributed by atoms with Gasteiger partial charge in [0.2, 0.25) is 5.91 Å². The summed E-state index contributed by atoms with van der Waals surface area (Å²) in [6.07, 6.45) is 1.60. The molecule has 1 aromatic heterocycles. The number of rotatable bonds is 6. The smallest absolute Gasteiger partial charge is 0.339 e. The first-order valence-corrected chi connectivity index (χ1v) is 5.92. The van der Waals surface area contributed by atoms with E-state index in [4.69, 9.17) is 10.8 Å². The zero-order valence-corrected chi connectivity index (χ0v) is 10.9. The second-order valence-electron chi connectivity index (χ2n) is 4.37. The molecule has 0 atom stereocenters. The van der Waals surface area contributed by atoms with Crippen molar-refractivity contribution >= 4 is 23.4 Å². The molecule has 7 nitrogen and oxygen atoms in total. The van der Waals surface area contributed by atoms with E-state index in [9.17, 15) is 9.59 Å². The number of carbonyl (C=O) groups is 2. The monoisotopic (exact) mass is 266 g/mol. The van der Waals surface area contributed by atoms with Crippen LogP contribution in [0.3, 0.4) is 0 Å². The lowest BCUT2D eigenvalue weighted by atomic mass is 10.2. The summed E-state index contributed by atoms with van der Waals surface area (Å²) in [5, 5.41) is 14.6. The van der Waals surface area contributed by atoms with Gasteiger partial charge in [-0.3, -0.25) is 4.79 Å². The minimum absolute atomic E-state index is 0.00994. The SMILES string of the molecule is CC(C)NC(=O)CCNc1ncc(N)cc1C(=O)O. The number of hydrogen-bond donors (Lipinski definition) is 4. The van der Waals surface area contributed by atoms with Crippen molar-refractivity contribution in [3.63, 3.8) is 0 Å². The average Bonchev–Trinajstić information content (AvgIpc) is 2.29. The lowest BCUT2D eigenvalue weighted by Gasteiger charge is -2.10. The van der Waals surface area contributed by atoms with Gasteiger partial charge < -0.3 is 21.5 Å². The molecule has 5 N–H and O–H groups in total. The molecular weight excluding hydrogens is 248 g/mol. The first kappa shape index (κ1) is 14.7. The van der Waals surface area contributed by atoms with Crippen molar-refractivity contribution in [2.24, 2.45) is 0 Å². The van der Waals surface area contributed by atoms with Crippen LogP contribution in [0.2, 0.25) is 0 Å². The summed E-state index contributed by atoms with van der Waals surface area (Å²) < 4.78 is 0. The van der Waals surface area contributed by atoms with Gasteiger partial charge in [-0.05, 0) is 19.9 Å². The topological polar surface area (TPSA) is 117 Å². The Labute approximate surface area is 111 Å². The number of anilines is 2. The van der Waals surface area contributed by atoms with Crippen molar-refractivity contribution in [3.05, 3.63) is 17.8 Å². The minimum atomic E-state index is -1.12. The third-order valence-electron chi connectivity index (χ3n) is 2.23. The maximum Gasteiger partial charge on any atom is 0.339 e. The van der Waals surface area contributed by atoms with Crippen LogP contribution in [0.5, 0.6) is 0 Å². The molecule has 0 aliphatic rings. The van der Waals surface area contributed by atoms with Crippen molar-refractivity contribution in [2.45, 2.75) is 26.3 Å². The molecule has 1 aromatic rings. The number of pyridine rings is 1. The molecule has 7 heteroatoms. The Bertz CT molecular complexity index is 474. The molecule has 0 radical (unpaired) electrons. The van der Waals surface area contributed by atoms with Gasteiger partial charge in [-0.25, -0.2) is 9.78 Å². The normalized spacial score (nSPS) is 10.3. The van der Waals surface area contributed by atoms with Gasteiger partial charge in [-0.2, -0.15) is 0 Å². The van der Waals surface area contributed by atoms with Crippen LogP contribution >= 0.6 is 0 Å². The number of nitrogens with zero attached hydrogens (tertiary/aromatic N) is 1. The van der Waals surface area contributed by atoms with E-state index in [0.29, 0.717) is 6.54 Å². The Morgan fingerprint density at radius 3 is 2.74 bits per heavy atom. The quantitative estimate of drug-likeness (QED) is 0.601. The van der Waals surface area contributed by atoms with Gasteiger partial charge >= 0.3 is 5.97 Å². The fourth-order valence-corrected chi connectivity index (χ4v) is 1.47. The van der Waals surface area contributed by atoms with E-state index in [1.54, 1.807) is 0 Å². The molecule has 1 heterocycles. The molecule has 104 valence electrons. The van der Waals surface area contributed by atoms with E-state index in [1.165, 1.54) is 12.3 Å². The fourth-order valence-electron chi connectivity index (χ4n) is 1.47. The molecule has 0 fully saturated rings. The maximum atomic E-state index is 11.4. The Balaban J connectivity index is 2.58. The Hall–Kier alpha value is -2.31. The zero-order chi connectivity index (χ0) is 14.4. The summed E-state index contributed by atoms with van der Waals surface area (Å²) in [7, 11) is 0. The van der Waals surface area contributed by atoms with Gasteiger partial charge in [0.15, 0.2) is 0 Å². The molecule has 1 rings (SSSR count). The van der Waals surface area contributed by atoms with E-state index in [0.717, 1.165) is 0 Å². The predicted octanol–water partition coefficient (Wildman–Crippen LogP) is 0.689. The number of nitrogen functional groups attached to an aromatic ring is 1. The first-order chi connectivity index (χ1) is 8.90. The Morgan fingerprint density at radius 1 is 1.47 bits per heavy atom. The highest BCUT2D eigenvalue weighted by molar-refractivity contribution is 5.94. The average molecular weight is 266 g/mol. The number of carboxylic acids is 1. The van der Waals surface area contributed by atoms with Crippen LogP contribution in [0.4, 0.5) is 11.5 Å². The number of nitrogens with two attached hydrogens (primary N) is 1. The molecule has 0 aromatic carbocycles. The van der Waals surface area contributed by atoms with Gasteiger partial charge in [-0.1, -0.05) is 0 Å². The molecule has 1 amide bonds. The number of aromatic carboxylic acids is 1. The second kappa shape index (κ2) is 6.58. The molecule has 0 aliphatic carbocycles. The van der Waals surface area contributed by atoms with Crippen LogP contribution in [0, 0.1) is 0 Å². The molecule has 0 aliphatic heterocycles. The van der Waals surface area contributed by atoms with Crippen LogP contribution in [0.15, 0.2) is 12.3 Å². The molecule has 0 saturated heterocycles. The lowest BCUT2D eigenvalue weighted by Crippen LogP contribution is -2.31. The van der Waals surface area contributed by atoms with Gasteiger partial charge in [0, 0.05) is 19.0 Å². The molecule has 19 heavy (non-hydrogen) atoms. The highest BCUT2D eigenvalue weighted by atomic mass is 16.4. The van der Waals surface area contributed by atoms with Crippen molar-refractivity contribution in [3.8, 4) is 0 Å². The van der Waals surface area contributed by atoms with E-state index < -0.39 is 5.97 Å². The predicted molar refractivity (Wildman–Crippen MR) is 72.0 cm³/mol. The number of carbonyl (C=O) groups excluding carboxylic acids is 1. The van der Waals surface area contributed by atoms with Crippen LogP contribution in [-0.4, -0.2) is 34.6 Å². The maximum absolute atomic E-state index is 11.4. The molecular formula is C12H18N4O3. The van der Waals surface area contributed by atoms with Gasteiger partial charge in [-0.15, -0.1) is 0 Å². The van der Waals surface area contributed by atoms with Gasteiger partial charge in [0.25, 0.3) is 0 Å². The third kappa shape index (κ3) is 4.82. The molecule has 0 saturated carbocycles. The van der Waals surface area contributed by atoms with E-state index >= 15 is 0 Å². The standard InChI is InChI=1S/C12H18N4O3/c1-7(2)16-10(17)3-4-14-11-9(12(18)19)5-8(13)6-15-11/h5-7H,3-4,13H2,1-2H3,(H,14,15)(H,16,17)(H,18,19). The molecule has 0 bridgehead atoms.